The van der Waals surface area contributed by atoms with Crippen LogP contribution in [0.4, 0.5) is 0 Å². The minimum absolute atomic E-state index is 0.147. The minimum Gasteiger partial charge on any atom is -0.268 e. The van der Waals surface area contributed by atoms with Crippen LogP contribution in [0, 0.1) is 20.8 Å². The molecular formula is C9H16N2O2S. The fraction of sp³-hybridized carbons (Fsp3) is 0.667. The van der Waals surface area contributed by atoms with Crippen molar-refractivity contribution >= 4 is 9.84 Å². The van der Waals surface area contributed by atoms with Crippen molar-refractivity contribution in [3.05, 3.63) is 17.0 Å². The Labute approximate surface area is 84.9 Å². The van der Waals surface area contributed by atoms with Crippen LogP contribution in [-0.2, 0) is 16.4 Å². The largest absolute Gasteiger partial charge is 0.268 e. The molecule has 0 spiro atoms. The molecule has 0 unspecified atom stereocenters. The molecule has 0 saturated carbocycles. The van der Waals surface area contributed by atoms with Crippen molar-refractivity contribution in [3.8, 4) is 0 Å². The fourth-order valence-corrected chi connectivity index (χ4v) is 1.76. The lowest BCUT2D eigenvalue weighted by atomic mass is 10.2. The van der Waals surface area contributed by atoms with E-state index in [-0.39, 0.29) is 5.75 Å². The van der Waals surface area contributed by atoms with Crippen molar-refractivity contribution in [2.45, 2.75) is 27.3 Å². The van der Waals surface area contributed by atoms with Gasteiger partial charge in [-0.15, -0.1) is 0 Å². The Morgan fingerprint density at radius 2 is 1.86 bits per heavy atom. The maximum Gasteiger partial charge on any atom is 0.149 e. The van der Waals surface area contributed by atoms with Gasteiger partial charge in [-0.05, 0) is 26.3 Å². The number of aromatic nitrogens is 2. The second-order valence-electron chi connectivity index (χ2n) is 3.65. The summed E-state index contributed by atoms with van der Waals surface area (Å²) in [4.78, 5) is 0. The fourth-order valence-electron chi connectivity index (χ4n) is 1.26. The van der Waals surface area contributed by atoms with Gasteiger partial charge in [0.1, 0.15) is 9.84 Å². The highest BCUT2D eigenvalue weighted by Gasteiger charge is 2.09. The van der Waals surface area contributed by atoms with Crippen LogP contribution in [-0.4, -0.2) is 30.2 Å². The molecule has 0 amide bonds. The lowest BCUT2D eigenvalue weighted by molar-refractivity contribution is 0.581. The smallest absolute Gasteiger partial charge is 0.149 e. The van der Waals surface area contributed by atoms with E-state index >= 15 is 0 Å². The van der Waals surface area contributed by atoms with Gasteiger partial charge in [0.15, 0.2) is 0 Å². The molecule has 4 nitrogen and oxygen atoms in total. The zero-order valence-electron chi connectivity index (χ0n) is 9.03. The first-order chi connectivity index (χ1) is 6.31. The number of hydrogen-bond acceptors (Lipinski definition) is 3. The molecule has 0 saturated heterocycles. The predicted molar refractivity (Wildman–Crippen MR) is 56.1 cm³/mol. The molecule has 0 aliphatic heterocycles. The van der Waals surface area contributed by atoms with Crippen LogP contribution < -0.4 is 0 Å². The zero-order chi connectivity index (χ0) is 10.9. The molecule has 0 fully saturated rings. The van der Waals surface area contributed by atoms with Crippen molar-refractivity contribution in [1.29, 1.82) is 0 Å². The third-order valence-corrected chi connectivity index (χ3v) is 3.34. The highest BCUT2D eigenvalue weighted by molar-refractivity contribution is 7.90. The number of nitrogens with zero attached hydrogens (tertiary/aromatic N) is 2. The highest BCUT2D eigenvalue weighted by Crippen LogP contribution is 2.10. The van der Waals surface area contributed by atoms with Crippen molar-refractivity contribution in [2.24, 2.45) is 0 Å². The van der Waals surface area contributed by atoms with Gasteiger partial charge in [0, 0.05) is 11.9 Å². The lowest BCUT2D eigenvalue weighted by Gasteiger charge is -2.02. The summed E-state index contributed by atoms with van der Waals surface area (Å²) < 4.78 is 23.7. The monoisotopic (exact) mass is 216 g/mol. The van der Waals surface area contributed by atoms with Gasteiger partial charge in [-0.1, -0.05) is 0 Å². The van der Waals surface area contributed by atoms with Gasteiger partial charge in [-0.2, -0.15) is 5.10 Å². The molecule has 0 aromatic carbocycles. The van der Waals surface area contributed by atoms with Crippen molar-refractivity contribution in [3.63, 3.8) is 0 Å². The molecule has 1 heterocycles. The Balaban J connectivity index is 2.83. The van der Waals surface area contributed by atoms with Gasteiger partial charge in [-0.3, -0.25) is 4.68 Å². The molecule has 5 heteroatoms. The van der Waals surface area contributed by atoms with Gasteiger partial charge < -0.3 is 0 Å². The molecule has 14 heavy (non-hydrogen) atoms. The molecule has 1 aromatic rings. The maximum absolute atomic E-state index is 11.0. The lowest BCUT2D eigenvalue weighted by Crippen LogP contribution is -2.13. The second-order valence-corrected chi connectivity index (χ2v) is 5.91. The SMILES string of the molecule is Cc1nn(CCS(C)(=O)=O)c(C)c1C. The molecule has 80 valence electrons. The van der Waals surface area contributed by atoms with Crippen molar-refractivity contribution in [1.82, 2.24) is 9.78 Å². The Morgan fingerprint density at radius 3 is 2.21 bits per heavy atom. The van der Waals surface area contributed by atoms with Crippen LogP contribution in [0.2, 0.25) is 0 Å². The van der Waals surface area contributed by atoms with E-state index in [2.05, 4.69) is 5.10 Å². The molecule has 0 radical (unpaired) electrons. The summed E-state index contributed by atoms with van der Waals surface area (Å²) in [6, 6.07) is 0. The summed E-state index contributed by atoms with van der Waals surface area (Å²) in [6.45, 7) is 6.32. The van der Waals surface area contributed by atoms with E-state index in [0.717, 1.165) is 17.0 Å². The van der Waals surface area contributed by atoms with Crippen LogP contribution in [0.15, 0.2) is 0 Å². The summed E-state index contributed by atoms with van der Waals surface area (Å²) in [5.74, 6) is 0.147. The maximum atomic E-state index is 11.0. The van der Waals surface area contributed by atoms with Crippen LogP contribution in [0.25, 0.3) is 0 Å². The van der Waals surface area contributed by atoms with E-state index in [9.17, 15) is 8.42 Å². The standard InChI is InChI=1S/C9H16N2O2S/c1-7-8(2)10-11(9(7)3)5-6-14(4,12)13/h5-6H2,1-4H3. The summed E-state index contributed by atoms with van der Waals surface area (Å²) in [5, 5.41) is 4.27. The Kier molecular flexibility index (Phi) is 2.99. The number of aryl methyl sites for hydroxylation is 2. The van der Waals surface area contributed by atoms with Crippen LogP contribution >= 0.6 is 0 Å². The third kappa shape index (κ3) is 2.57. The van der Waals surface area contributed by atoms with E-state index in [1.54, 1.807) is 4.68 Å². The van der Waals surface area contributed by atoms with Crippen molar-refractivity contribution in [2.75, 3.05) is 12.0 Å². The van der Waals surface area contributed by atoms with Gasteiger partial charge in [0.25, 0.3) is 0 Å². The first-order valence-corrected chi connectivity index (χ1v) is 6.55. The van der Waals surface area contributed by atoms with Crippen LogP contribution in [0.1, 0.15) is 17.0 Å². The first-order valence-electron chi connectivity index (χ1n) is 4.49. The Hall–Kier alpha value is -0.840. The number of hydrogen-bond donors (Lipinski definition) is 0. The predicted octanol–water partition coefficient (Wildman–Crippen LogP) is 0.853. The second kappa shape index (κ2) is 3.73. The first kappa shape index (κ1) is 11.2. The molecule has 1 rings (SSSR count). The average Bonchev–Trinajstić information content (AvgIpc) is 2.28. The highest BCUT2D eigenvalue weighted by atomic mass is 32.2. The summed E-state index contributed by atoms with van der Waals surface area (Å²) in [7, 11) is -2.90. The van der Waals surface area contributed by atoms with Gasteiger partial charge in [-0.25, -0.2) is 8.42 Å². The molecule has 0 aliphatic rings. The van der Waals surface area contributed by atoms with E-state index in [1.165, 1.54) is 6.26 Å². The van der Waals surface area contributed by atoms with E-state index in [1.807, 2.05) is 20.8 Å². The van der Waals surface area contributed by atoms with E-state index < -0.39 is 9.84 Å². The van der Waals surface area contributed by atoms with Crippen LogP contribution in [0.5, 0.6) is 0 Å². The van der Waals surface area contributed by atoms with Crippen molar-refractivity contribution < 1.29 is 8.42 Å². The summed E-state index contributed by atoms with van der Waals surface area (Å²) >= 11 is 0. The number of sulfone groups is 1. The molecule has 0 atom stereocenters. The summed E-state index contributed by atoms with van der Waals surface area (Å²) in [6.07, 6.45) is 1.24. The normalized spacial score (nSPS) is 12.0. The van der Waals surface area contributed by atoms with E-state index in [4.69, 9.17) is 0 Å². The summed E-state index contributed by atoms with van der Waals surface area (Å²) in [5.41, 5.74) is 3.15. The van der Waals surface area contributed by atoms with Gasteiger partial charge in [0.2, 0.25) is 0 Å². The molecule has 0 bridgehead atoms. The van der Waals surface area contributed by atoms with Gasteiger partial charge in [0.05, 0.1) is 18.0 Å². The minimum atomic E-state index is -2.90. The zero-order valence-corrected chi connectivity index (χ0v) is 9.85. The molecule has 1 aromatic heterocycles. The third-order valence-electron chi connectivity index (χ3n) is 2.42. The molecule has 0 aliphatic carbocycles. The Bertz CT molecular complexity index is 432. The van der Waals surface area contributed by atoms with E-state index in [0.29, 0.717) is 6.54 Å². The molecular weight excluding hydrogens is 200 g/mol. The van der Waals surface area contributed by atoms with Crippen LogP contribution in [0.3, 0.4) is 0 Å². The average molecular weight is 216 g/mol. The Morgan fingerprint density at radius 1 is 1.29 bits per heavy atom. The molecule has 0 N–H and O–H groups in total. The topological polar surface area (TPSA) is 52.0 Å². The number of rotatable bonds is 3. The quantitative estimate of drug-likeness (QED) is 0.752. The van der Waals surface area contributed by atoms with Gasteiger partial charge >= 0.3 is 0 Å².